The van der Waals surface area contributed by atoms with Crippen molar-refractivity contribution >= 4 is 29.0 Å². The molecule has 6 nitrogen and oxygen atoms in total. The second kappa shape index (κ2) is 8.05. The van der Waals surface area contributed by atoms with Crippen LogP contribution in [0.5, 0.6) is 5.75 Å². The van der Waals surface area contributed by atoms with E-state index in [4.69, 9.17) is 4.74 Å². The van der Waals surface area contributed by atoms with Crippen molar-refractivity contribution in [1.82, 2.24) is 0 Å². The Morgan fingerprint density at radius 2 is 1.80 bits per heavy atom. The summed E-state index contributed by atoms with van der Waals surface area (Å²) < 4.78 is 19.1. The highest BCUT2D eigenvalue weighted by molar-refractivity contribution is 5.95. The van der Waals surface area contributed by atoms with Gasteiger partial charge in [0.15, 0.2) is 12.4 Å². The number of hydrogen-bond acceptors (Lipinski definition) is 4. The van der Waals surface area contributed by atoms with E-state index in [1.54, 1.807) is 18.2 Å². The van der Waals surface area contributed by atoms with Crippen LogP contribution in [0.4, 0.5) is 15.8 Å². The Hall–Kier alpha value is -3.22. The van der Waals surface area contributed by atoms with Crippen molar-refractivity contribution < 1.29 is 23.5 Å². The molecule has 0 fully saturated rings. The number of nitrogens with one attached hydrogen (secondary N) is 2. The Balaban J connectivity index is 1.99. The molecular weight excluding hydrogens is 327 g/mol. The molecule has 0 heterocycles. The van der Waals surface area contributed by atoms with Crippen molar-refractivity contribution in [2.24, 2.45) is 0 Å². The molecule has 0 saturated carbocycles. The first-order valence-electron chi connectivity index (χ1n) is 7.46. The molecule has 0 aromatic heterocycles. The van der Waals surface area contributed by atoms with E-state index >= 15 is 0 Å². The SMILES string of the molecule is CC(=O)Nc1ccc(F)c(NC(=O)COc2cccc(C(C)=O)c2)c1. The molecule has 25 heavy (non-hydrogen) atoms. The molecule has 2 N–H and O–H groups in total. The summed E-state index contributed by atoms with van der Waals surface area (Å²) in [7, 11) is 0. The minimum atomic E-state index is -0.638. The topological polar surface area (TPSA) is 84.5 Å². The summed E-state index contributed by atoms with van der Waals surface area (Å²) >= 11 is 0. The first-order chi connectivity index (χ1) is 11.8. The summed E-state index contributed by atoms with van der Waals surface area (Å²) in [6.45, 7) is 2.40. The Morgan fingerprint density at radius 3 is 2.48 bits per heavy atom. The Bertz CT molecular complexity index is 820. The van der Waals surface area contributed by atoms with Gasteiger partial charge in [-0.15, -0.1) is 0 Å². The van der Waals surface area contributed by atoms with Gasteiger partial charge < -0.3 is 15.4 Å². The first-order valence-corrected chi connectivity index (χ1v) is 7.46. The molecule has 0 aliphatic rings. The van der Waals surface area contributed by atoms with E-state index in [-0.39, 0.29) is 24.0 Å². The van der Waals surface area contributed by atoms with E-state index in [0.717, 1.165) is 6.07 Å². The largest absolute Gasteiger partial charge is 0.484 e. The average Bonchev–Trinajstić information content (AvgIpc) is 2.56. The van der Waals surface area contributed by atoms with Gasteiger partial charge >= 0.3 is 0 Å². The predicted octanol–water partition coefficient (Wildman–Crippen LogP) is 3.00. The van der Waals surface area contributed by atoms with Gasteiger partial charge in [-0.1, -0.05) is 12.1 Å². The third-order valence-corrected chi connectivity index (χ3v) is 3.17. The third kappa shape index (κ3) is 5.42. The van der Waals surface area contributed by atoms with Crippen LogP contribution in [0.3, 0.4) is 0 Å². The van der Waals surface area contributed by atoms with Crippen LogP contribution in [0, 0.1) is 5.82 Å². The van der Waals surface area contributed by atoms with Crippen molar-refractivity contribution in [3.8, 4) is 5.75 Å². The van der Waals surface area contributed by atoms with E-state index in [9.17, 15) is 18.8 Å². The van der Waals surface area contributed by atoms with Gasteiger partial charge in [-0.05, 0) is 37.3 Å². The van der Waals surface area contributed by atoms with Gasteiger partial charge in [0.1, 0.15) is 11.6 Å². The fraction of sp³-hybridized carbons (Fsp3) is 0.167. The monoisotopic (exact) mass is 344 g/mol. The summed E-state index contributed by atoms with van der Waals surface area (Å²) in [5.74, 6) is -1.28. The smallest absolute Gasteiger partial charge is 0.262 e. The molecule has 130 valence electrons. The number of halogens is 1. The van der Waals surface area contributed by atoms with Gasteiger partial charge in [0.05, 0.1) is 5.69 Å². The van der Waals surface area contributed by atoms with E-state index in [1.807, 2.05) is 0 Å². The zero-order valence-electron chi connectivity index (χ0n) is 13.8. The Morgan fingerprint density at radius 1 is 1.04 bits per heavy atom. The molecule has 0 saturated heterocycles. The van der Waals surface area contributed by atoms with Gasteiger partial charge in [0.2, 0.25) is 5.91 Å². The molecule has 0 radical (unpaired) electrons. The van der Waals surface area contributed by atoms with Crippen molar-refractivity contribution in [3.05, 3.63) is 53.8 Å². The van der Waals surface area contributed by atoms with Crippen LogP contribution in [0.25, 0.3) is 0 Å². The molecule has 0 spiro atoms. The van der Waals surface area contributed by atoms with Gasteiger partial charge in [0, 0.05) is 18.2 Å². The maximum absolute atomic E-state index is 13.8. The molecule has 2 amide bonds. The van der Waals surface area contributed by atoms with Crippen LogP contribution in [-0.4, -0.2) is 24.2 Å². The summed E-state index contributed by atoms with van der Waals surface area (Å²) in [6.07, 6.45) is 0. The van der Waals surface area contributed by atoms with Crippen LogP contribution in [0.15, 0.2) is 42.5 Å². The first kappa shape index (κ1) is 18.1. The Kier molecular flexibility index (Phi) is 5.84. The second-order valence-electron chi connectivity index (χ2n) is 5.30. The minimum absolute atomic E-state index is 0.0719. The summed E-state index contributed by atoms with van der Waals surface area (Å²) in [6, 6.07) is 10.2. The predicted molar refractivity (Wildman–Crippen MR) is 91.3 cm³/mol. The number of hydrogen-bond donors (Lipinski definition) is 2. The van der Waals surface area contributed by atoms with Crippen molar-refractivity contribution in [2.45, 2.75) is 13.8 Å². The zero-order valence-corrected chi connectivity index (χ0v) is 13.8. The maximum Gasteiger partial charge on any atom is 0.262 e. The standard InChI is InChI=1S/C18H17FN2O4/c1-11(22)13-4-3-5-15(8-13)25-10-18(24)21-17-9-14(20-12(2)23)6-7-16(17)19/h3-9H,10H2,1-2H3,(H,20,23)(H,21,24). The molecule has 0 aliphatic carbocycles. The van der Waals surface area contributed by atoms with Crippen LogP contribution < -0.4 is 15.4 Å². The molecule has 0 aliphatic heterocycles. The van der Waals surface area contributed by atoms with Gasteiger partial charge in [-0.3, -0.25) is 14.4 Å². The third-order valence-electron chi connectivity index (χ3n) is 3.17. The number of Topliss-reactive ketones (excluding diaryl/α,β-unsaturated/α-hetero) is 1. The molecule has 2 aromatic carbocycles. The molecule has 2 aromatic rings. The van der Waals surface area contributed by atoms with Crippen LogP contribution in [0.1, 0.15) is 24.2 Å². The molecular formula is C18H17FN2O4. The lowest BCUT2D eigenvalue weighted by molar-refractivity contribution is -0.118. The highest BCUT2D eigenvalue weighted by Gasteiger charge is 2.10. The normalized spacial score (nSPS) is 10.0. The average molecular weight is 344 g/mol. The number of anilines is 2. The zero-order chi connectivity index (χ0) is 18.4. The van der Waals surface area contributed by atoms with Crippen LogP contribution in [-0.2, 0) is 9.59 Å². The van der Waals surface area contributed by atoms with E-state index in [0.29, 0.717) is 17.0 Å². The van der Waals surface area contributed by atoms with Crippen molar-refractivity contribution in [3.63, 3.8) is 0 Å². The maximum atomic E-state index is 13.8. The highest BCUT2D eigenvalue weighted by Crippen LogP contribution is 2.20. The lowest BCUT2D eigenvalue weighted by Gasteiger charge is -2.10. The lowest BCUT2D eigenvalue weighted by Crippen LogP contribution is -2.21. The van der Waals surface area contributed by atoms with Crippen LogP contribution >= 0.6 is 0 Å². The Labute approximate surface area is 144 Å². The molecule has 0 atom stereocenters. The van der Waals surface area contributed by atoms with Crippen molar-refractivity contribution in [1.29, 1.82) is 0 Å². The van der Waals surface area contributed by atoms with E-state index in [2.05, 4.69) is 10.6 Å². The fourth-order valence-electron chi connectivity index (χ4n) is 2.04. The minimum Gasteiger partial charge on any atom is -0.484 e. The number of rotatable bonds is 6. The number of amides is 2. The van der Waals surface area contributed by atoms with Gasteiger partial charge in [-0.2, -0.15) is 0 Å². The van der Waals surface area contributed by atoms with Crippen molar-refractivity contribution in [2.75, 3.05) is 17.2 Å². The summed E-state index contributed by atoms with van der Waals surface area (Å²) in [4.78, 5) is 34.3. The van der Waals surface area contributed by atoms with Gasteiger partial charge in [0.25, 0.3) is 5.91 Å². The molecule has 0 unspecified atom stereocenters. The van der Waals surface area contributed by atoms with Crippen LogP contribution in [0.2, 0.25) is 0 Å². The fourth-order valence-corrected chi connectivity index (χ4v) is 2.04. The number of ether oxygens (including phenoxy) is 1. The quantitative estimate of drug-likeness (QED) is 0.789. The number of ketones is 1. The summed E-state index contributed by atoms with van der Waals surface area (Å²) in [5.41, 5.74) is 0.753. The number of carbonyl (C=O) groups is 3. The molecule has 0 bridgehead atoms. The molecule has 7 heteroatoms. The lowest BCUT2D eigenvalue weighted by atomic mass is 10.1. The van der Waals surface area contributed by atoms with E-state index < -0.39 is 11.7 Å². The summed E-state index contributed by atoms with van der Waals surface area (Å²) in [5, 5.41) is 4.87. The van der Waals surface area contributed by atoms with E-state index in [1.165, 1.54) is 32.0 Å². The van der Waals surface area contributed by atoms with Gasteiger partial charge in [-0.25, -0.2) is 4.39 Å². The number of carbonyl (C=O) groups excluding carboxylic acids is 3. The second-order valence-corrected chi connectivity index (χ2v) is 5.30. The molecule has 2 rings (SSSR count). The number of benzene rings is 2. The highest BCUT2D eigenvalue weighted by atomic mass is 19.1.